The third-order valence-corrected chi connectivity index (χ3v) is 6.55. The molecule has 0 radical (unpaired) electrons. The lowest BCUT2D eigenvalue weighted by atomic mass is 10.2. The molecule has 2 aromatic rings. The molecule has 9 heteroatoms. The second-order valence-electron chi connectivity index (χ2n) is 6.43. The average molecular weight is 469 g/mol. The summed E-state index contributed by atoms with van der Waals surface area (Å²) in [6.07, 6.45) is 0.728. The van der Waals surface area contributed by atoms with Crippen LogP contribution in [-0.2, 0) is 14.8 Å². The molecule has 0 unspecified atom stereocenters. The maximum Gasteiger partial charge on any atom is 0.243 e. The summed E-state index contributed by atoms with van der Waals surface area (Å²) in [5, 5.41) is 2.74. The fraction of sp³-hybridized carbons (Fsp3) is 0.316. The van der Waals surface area contributed by atoms with Crippen molar-refractivity contribution >= 4 is 37.5 Å². The molecule has 2 aromatic carbocycles. The number of nitrogens with one attached hydrogen (secondary N) is 1. The smallest absolute Gasteiger partial charge is 0.243 e. The Balaban J connectivity index is 1.73. The van der Waals surface area contributed by atoms with Gasteiger partial charge in [0.15, 0.2) is 11.5 Å². The van der Waals surface area contributed by atoms with Crippen molar-refractivity contribution < 1.29 is 22.7 Å². The van der Waals surface area contributed by atoms with Crippen molar-refractivity contribution in [2.75, 3.05) is 32.1 Å². The summed E-state index contributed by atoms with van der Waals surface area (Å²) in [6.45, 7) is 2.53. The molecule has 0 spiro atoms. The molecule has 0 saturated carbocycles. The number of carbonyl (C=O) groups is 1. The third-order valence-electron chi connectivity index (χ3n) is 4.26. The molecule has 7 nitrogen and oxygen atoms in total. The van der Waals surface area contributed by atoms with E-state index in [1.807, 2.05) is 13.0 Å². The number of benzene rings is 2. The lowest BCUT2D eigenvalue weighted by Gasteiger charge is -2.18. The standard InChI is InChI=1S/C19H21BrN2O5S/c1-13-10-14(20)4-6-16(13)21-19(23)12-22(2)28(24,25)15-5-7-17-18(11-15)27-9-3-8-26-17/h4-7,10-11H,3,8-9,12H2,1-2H3,(H,21,23). The summed E-state index contributed by atoms with van der Waals surface area (Å²) >= 11 is 3.37. The number of ether oxygens (including phenoxy) is 2. The largest absolute Gasteiger partial charge is 0.490 e. The van der Waals surface area contributed by atoms with Crippen LogP contribution in [0.2, 0.25) is 0 Å². The number of likely N-dealkylation sites (N-methyl/N-ethyl adjacent to an activating group) is 1. The number of hydrogen-bond donors (Lipinski definition) is 1. The highest BCUT2D eigenvalue weighted by molar-refractivity contribution is 9.10. The molecule has 1 N–H and O–H groups in total. The minimum atomic E-state index is -3.86. The van der Waals surface area contributed by atoms with Crippen molar-refractivity contribution in [2.45, 2.75) is 18.2 Å². The van der Waals surface area contributed by atoms with Crippen LogP contribution < -0.4 is 14.8 Å². The van der Waals surface area contributed by atoms with Crippen LogP contribution in [0.5, 0.6) is 11.5 Å². The quantitative estimate of drug-likeness (QED) is 0.728. The Morgan fingerprint density at radius 1 is 1.14 bits per heavy atom. The number of halogens is 1. The van der Waals surface area contributed by atoms with Crippen LogP contribution in [0.4, 0.5) is 5.69 Å². The summed E-state index contributed by atoms with van der Waals surface area (Å²) < 4.78 is 38.7. The second kappa shape index (κ2) is 8.50. The number of hydrogen-bond acceptors (Lipinski definition) is 5. The molecule has 0 fully saturated rings. The predicted molar refractivity (Wildman–Crippen MR) is 109 cm³/mol. The summed E-state index contributed by atoms with van der Waals surface area (Å²) in [4.78, 5) is 12.4. The summed E-state index contributed by atoms with van der Waals surface area (Å²) in [5.74, 6) is 0.482. The van der Waals surface area contributed by atoms with Crippen LogP contribution in [0.25, 0.3) is 0 Å². The van der Waals surface area contributed by atoms with Gasteiger partial charge in [0.2, 0.25) is 15.9 Å². The van der Waals surface area contributed by atoms with E-state index in [2.05, 4.69) is 21.2 Å². The fourth-order valence-corrected chi connectivity index (χ4v) is 4.35. The summed E-state index contributed by atoms with van der Waals surface area (Å²) in [6, 6.07) is 9.90. The third kappa shape index (κ3) is 4.65. The minimum absolute atomic E-state index is 0.0480. The first-order valence-electron chi connectivity index (χ1n) is 8.69. The highest BCUT2D eigenvalue weighted by atomic mass is 79.9. The molecule has 0 aromatic heterocycles. The van der Waals surface area contributed by atoms with Crippen molar-refractivity contribution in [1.29, 1.82) is 0 Å². The first kappa shape index (κ1) is 20.6. The number of sulfonamides is 1. The van der Waals surface area contributed by atoms with E-state index in [1.54, 1.807) is 18.2 Å². The van der Waals surface area contributed by atoms with Crippen molar-refractivity contribution in [1.82, 2.24) is 4.31 Å². The first-order valence-corrected chi connectivity index (χ1v) is 10.9. The molecule has 1 amide bonds. The van der Waals surface area contributed by atoms with Gasteiger partial charge in [0, 0.05) is 29.7 Å². The van der Waals surface area contributed by atoms with Crippen LogP contribution in [0.3, 0.4) is 0 Å². The lowest BCUT2D eigenvalue weighted by Crippen LogP contribution is -2.35. The van der Waals surface area contributed by atoms with E-state index in [0.717, 1.165) is 20.8 Å². The number of anilines is 1. The second-order valence-corrected chi connectivity index (χ2v) is 9.39. The van der Waals surface area contributed by atoms with Gasteiger partial charge in [0.1, 0.15) is 0 Å². The van der Waals surface area contributed by atoms with Crippen LogP contribution >= 0.6 is 15.9 Å². The normalized spacial score (nSPS) is 13.9. The fourth-order valence-electron chi connectivity index (χ4n) is 2.73. The number of aryl methyl sites for hydroxylation is 1. The Morgan fingerprint density at radius 3 is 2.57 bits per heavy atom. The highest BCUT2D eigenvalue weighted by Crippen LogP contribution is 2.32. The van der Waals surface area contributed by atoms with Gasteiger partial charge in [-0.1, -0.05) is 15.9 Å². The van der Waals surface area contributed by atoms with Crippen molar-refractivity contribution in [2.24, 2.45) is 0 Å². The van der Waals surface area contributed by atoms with Crippen LogP contribution in [0.15, 0.2) is 45.8 Å². The van der Waals surface area contributed by atoms with Crippen LogP contribution in [-0.4, -0.2) is 45.4 Å². The van der Waals surface area contributed by atoms with Crippen LogP contribution in [0.1, 0.15) is 12.0 Å². The van der Waals surface area contributed by atoms with Gasteiger partial charge in [-0.25, -0.2) is 8.42 Å². The molecular weight excluding hydrogens is 448 g/mol. The SMILES string of the molecule is Cc1cc(Br)ccc1NC(=O)CN(C)S(=O)(=O)c1ccc2c(c1)OCCCO2. The molecule has 0 bridgehead atoms. The molecule has 1 heterocycles. The van der Waals surface area contributed by atoms with E-state index in [4.69, 9.17) is 9.47 Å². The van der Waals surface area contributed by atoms with E-state index < -0.39 is 15.9 Å². The van der Waals surface area contributed by atoms with Gasteiger partial charge in [-0.3, -0.25) is 4.79 Å². The highest BCUT2D eigenvalue weighted by Gasteiger charge is 2.25. The van der Waals surface area contributed by atoms with Gasteiger partial charge in [-0.15, -0.1) is 0 Å². The van der Waals surface area contributed by atoms with E-state index in [-0.39, 0.29) is 11.4 Å². The molecule has 0 saturated heterocycles. The molecular formula is C19H21BrN2O5S. The zero-order valence-electron chi connectivity index (χ0n) is 15.6. The van der Waals surface area contributed by atoms with E-state index in [0.29, 0.717) is 30.4 Å². The maximum absolute atomic E-state index is 12.8. The molecule has 150 valence electrons. The Bertz CT molecular complexity index is 994. The molecule has 0 atom stereocenters. The van der Waals surface area contributed by atoms with Crippen molar-refractivity contribution in [3.05, 3.63) is 46.4 Å². The Morgan fingerprint density at radius 2 is 1.86 bits per heavy atom. The molecule has 0 aliphatic carbocycles. The number of rotatable bonds is 5. The Labute approximate surface area is 172 Å². The predicted octanol–water partition coefficient (Wildman–Crippen LogP) is 3.18. The van der Waals surface area contributed by atoms with Gasteiger partial charge in [-0.2, -0.15) is 4.31 Å². The number of nitrogens with zero attached hydrogens (tertiary/aromatic N) is 1. The zero-order valence-corrected chi connectivity index (χ0v) is 18.0. The van der Waals surface area contributed by atoms with Gasteiger partial charge in [-0.05, 0) is 42.8 Å². The van der Waals surface area contributed by atoms with Gasteiger partial charge in [0.25, 0.3) is 0 Å². The molecule has 3 rings (SSSR count). The van der Waals surface area contributed by atoms with Gasteiger partial charge in [0.05, 0.1) is 24.7 Å². The molecule has 1 aliphatic rings. The van der Waals surface area contributed by atoms with Crippen LogP contribution in [0, 0.1) is 6.92 Å². The molecule has 28 heavy (non-hydrogen) atoms. The first-order chi connectivity index (χ1) is 13.3. The zero-order chi connectivity index (χ0) is 20.3. The van der Waals surface area contributed by atoms with Crippen molar-refractivity contribution in [3.8, 4) is 11.5 Å². The number of amides is 1. The van der Waals surface area contributed by atoms with E-state index in [9.17, 15) is 13.2 Å². The Kier molecular flexibility index (Phi) is 6.26. The Hall–Kier alpha value is -2.10. The molecule has 1 aliphatic heterocycles. The average Bonchev–Trinajstić information content (AvgIpc) is 2.88. The van der Waals surface area contributed by atoms with E-state index >= 15 is 0 Å². The number of fused-ring (bicyclic) bond motifs is 1. The summed E-state index contributed by atoms with van der Waals surface area (Å²) in [7, 11) is -2.49. The van der Waals surface area contributed by atoms with Gasteiger partial charge >= 0.3 is 0 Å². The topological polar surface area (TPSA) is 84.9 Å². The van der Waals surface area contributed by atoms with E-state index in [1.165, 1.54) is 19.2 Å². The monoisotopic (exact) mass is 468 g/mol. The van der Waals surface area contributed by atoms with Crippen molar-refractivity contribution in [3.63, 3.8) is 0 Å². The number of carbonyl (C=O) groups excluding carboxylic acids is 1. The maximum atomic E-state index is 12.8. The lowest BCUT2D eigenvalue weighted by molar-refractivity contribution is -0.116. The summed E-state index contributed by atoms with van der Waals surface area (Å²) in [5.41, 5.74) is 1.51. The van der Waals surface area contributed by atoms with Gasteiger partial charge < -0.3 is 14.8 Å². The minimum Gasteiger partial charge on any atom is -0.490 e.